The number of hydrogen-bond donors (Lipinski definition) is 2. The molecule has 0 aliphatic heterocycles. The Hall–Kier alpha value is -2.14. The van der Waals surface area contributed by atoms with Gasteiger partial charge in [-0.25, -0.2) is 0 Å². The number of nitrogens with two attached hydrogens (primary N) is 2. The van der Waals surface area contributed by atoms with E-state index in [0.29, 0.717) is 17.1 Å². The third-order valence-electron chi connectivity index (χ3n) is 2.54. The van der Waals surface area contributed by atoms with Crippen molar-refractivity contribution in [3.05, 3.63) is 42.5 Å². The second-order valence-electron chi connectivity index (χ2n) is 4.00. The van der Waals surface area contributed by atoms with Crippen molar-refractivity contribution in [2.75, 3.05) is 11.5 Å². The molecule has 0 aliphatic carbocycles. The van der Waals surface area contributed by atoms with E-state index in [9.17, 15) is 4.79 Å². The highest BCUT2D eigenvalue weighted by atomic mass is 32.2. The first-order chi connectivity index (χ1) is 9.08. The minimum absolute atomic E-state index is 0.128. The van der Waals surface area contributed by atoms with Crippen LogP contribution in [0.5, 0.6) is 5.75 Å². The van der Waals surface area contributed by atoms with E-state index < -0.39 is 0 Å². The van der Waals surface area contributed by atoms with Crippen molar-refractivity contribution in [2.24, 2.45) is 0 Å². The van der Waals surface area contributed by atoms with Crippen LogP contribution in [0.2, 0.25) is 0 Å². The van der Waals surface area contributed by atoms with Gasteiger partial charge in [-0.2, -0.15) is 0 Å². The normalized spacial score (nSPS) is 10.2. The largest absolute Gasteiger partial charge is 0.415 e. The van der Waals surface area contributed by atoms with E-state index in [-0.39, 0.29) is 5.12 Å². The summed E-state index contributed by atoms with van der Waals surface area (Å²) in [5.74, 6) is 0.481. The van der Waals surface area contributed by atoms with Crippen LogP contribution in [0, 0.1) is 0 Å². The molecule has 0 amide bonds. The first-order valence-electron chi connectivity index (χ1n) is 5.67. The molecule has 98 valence electrons. The molecule has 0 atom stereocenters. The van der Waals surface area contributed by atoms with E-state index in [0.717, 1.165) is 23.2 Å². The molecule has 2 aromatic rings. The van der Waals surface area contributed by atoms with Crippen molar-refractivity contribution in [3.8, 4) is 16.9 Å². The molecular weight excluding hydrogens is 260 g/mol. The van der Waals surface area contributed by atoms with Gasteiger partial charge in [0.1, 0.15) is 12.0 Å². The second kappa shape index (κ2) is 5.67. The van der Waals surface area contributed by atoms with Crippen LogP contribution in [0.15, 0.2) is 42.5 Å². The molecule has 5 heteroatoms. The molecule has 4 nitrogen and oxygen atoms in total. The van der Waals surface area contributed by atoms with Gasteiger partial charge in [0.25, 0.3) is 0 Å². The smallest absolute Gasteiger partial charge is 0.224 e. The second-order valence-corrected chi connectivity index (χ2v) is 4.91. The van der Waals surface area contributed by atoms with Crippen molar-refractivity contribution >= 4 is 28.5 Å². The highest BCUT2D eigenvalue weighted by Crippen LogP contribution is 2.35. The molecule has 0 saturated heterocycles. The maximum Gasteiger partial charge on any atom is 0.224 e. The molecule has 0 aromatic heterocycles. The van der Waals surface area contributed by atoms with Crippen LogP contribution < -0.4 is 15.7 Å². The number of para-hydroxylation sites is 1. The first-order valence-corrected chi connectivity index (χ1v) is 6.41. The summed E-state index contributed by atoms with van der Waals surface area (Å²) in [6.07, 6.45) is 0. The van der Waals surface area contributed by atoms with Crippen LogP contribution in [0.25, 0.3) is 11.1 Å². The topological polar surface area (TPSA) is 78.3 Å². The molecule has 0 bridgehead atoms. The lowest BCUT2D eigenvalue weighted by molar-refractivity contribution is -0.109. The van der Waals surface area contributed by atoms with Gasteiger partial charge in [0, 0.05) is 18.2 Å². The predicted octanol–water partition coefficient (Wildman–Crippen LogP) is 3.09. The van der Waals surface area contributed by atoms with Crippen LogP contribution in [-0.2, 0) is 4.79 Å². The zero-order valence-electron chi connectivity index (χ0n) is 10.4. The number of anilines is 2. The first kappa shape index (κ1) is 13.3. The number of benzene rings is 2. The monoisotopic (exact) mass is 274 g/mol. The number of hydrogen-bond acceptors (Lipinski definition) is 5. The summed E-state index contributed by atoms with van der Waals surface area (Å²) in [6, 6.07) is 12.9. The van der Waals surface area contributed by atoms with Crippen molar-refractivity contribution in [1.82, 2.24) is 0 Å². The average molecular weight is 274 g/mol. The highest BCUT2D eigenvalue weighted by molar-refractivity contribution is 8.09. The summed E-state index contributed by atoms with van der Waals surface area (Å²) >= 11 is 0.766. The molecule has 0 fully saturated rings. The Balaban J connectivity index is 2.34. The minimum Gasteiger partial charge on any atom is -0.415 e. The van der Waals surface area contributed by atoms with Crippen molar-refractivity contribution in [3.63, 3.8) is 0 Å². The van der Waals surface area contributed by atoms with Gasteiger partial charge >= 0.3 is 0 Å². The zero-order valence-corrected chi connectivity index (χ0v) is 11.2. The Morgan fingerprint density at radius 1 is 1.11 bits per heavy atom. The Labute approximate surface area is 116 Å². The van der Waals surface area contributed by atoms with Crippen LogP contribution in [-0.4, -0.2) is 5.12 Å². The van der Waals surface area contributed by atoms with Crippen molar-refractivity contribution in [1.29, 1.82) is 0 Å². The van der Waals surface area contributed by atoms with E-state index in [1.807, 2.05) is 36.4 Å². The number of carbonyl (C=O) groups excluding carboxylic acids is 1. The van der Waals surface area contributed by atoms with E-state index in [1.165, 1.54) is 6.92 Å². The van der Waals surface area contributed by atoms with Crippen LogP contribution in [0.1, 0.15) is 6.92 Å². The van der Waals surface area contributed by atoms with Gasteiger partial charge in [0.15, 0.2) is 5.75 Å². The van der Waals surface area contributed by atoms with E-state index in [4.69, 9.17) is 15.7 Å². The summed E-state index contributed by atoms with van der Waals surface area (Å²) in [5, 5.41) is -0.128. The van der Waals surface area contributed by atoms with Gasteiger partial charge in [-0.05, 0) is 23.8 Å². The number of rotatable bonds is 3. The van der Waals surface area contributed by atoms with Gasteiger partial charge < -0.3 is 15.7 Å². The fraction of sp³-hybridized carbons (Fsp3) is 0.0714. The third kappa shape index (κ3) is 3.20. The fourth-order valence-electron chi connectivity index (χ4n) is 1.63. The molecule has 0 aliphatic rings. The predicted molar refractivity (Wildman–Crippen MR) is 79.6 cm³/mol. The molecule has 0 radical (unpaired) electrons. The minimum atomic E-state index is -0.128. The van der Waals surface area contributed by atoms with Gasteiger partial charge in [-0.15, -0.1) is 0 Å². The molecule has 2 rings (SSSR count). The molecular formula is C14H14N2O2S. The Morgan fingerprint density at radius 2 is 1.79 bits per heavy atom. The van der Waals surface area contributed by atoms with Crippen molar-refractivity contribution < 1.29 is 8.98 Å². The lowest BCUT2D eigenvalue weighted by Gasteiger charge is -2.10. The quantitative estimate of drug-likeness (QED) is 0.664. The summed E-state index contributed by atoms with van der Waals surface area (Å²) in [6.45, 7) is 1.44. The molecule has 0 heterocycles. The standard InChI is InChI=1S/C14H14N2O2S/c1-9(17)19-18-13-4-2-3-12(14(13)16)10-5-7-11(15)8-6-10/h2-8H,15-16H2,1H3. The maximum atomic E-state index is 10.9. The Bertz CT molecular complexity index is 597. The number of nitrogen functional groups attached to an aromatic ring is 2. The van der Waals surface area contributed by atoms with Gasteiger partial charge in [0.05, 0.1) is 5.69 Å². The van der Waals surface area contributed by atoms with Gasteiger partial charge in [-0.1, -0.05) is 24.3 Å². The Kier molecular flexibility index (Phi) is 3.97. The van der Waals surface area contributed by atoms with E-state index in [2.05, 4.69) is 0 Å². The van der Waals surface area contributed by atoms with Crippen LogP contribution >= 0.6 is 12.0 Å². The van der Waals surface area contributed by atoms with Crippen molar-refractivity contribution in [2.45, 2.75) is 6.92 Å². The van der Waals surface area contributed by atoms with E-state index >= 15 is 0 Å². The molecule has 0 unspecified atom stereocenters. The molecule has 0 spiro atoms. The highest BCUT2D eigenvalue weighted by Gasteiger charge is 2.09. The fourth-order valence-corrected chi connectivity index (χ4v) is 1.99. The molecule has 0 saturated carbocycles. The van der Waals surface area contributed by atoms with Crippen LogP contribution in [0.3, 0.4) is 0 Å². The molecule has 2 aromatic carbocycles. The zero-order chi connectivity index (χ0) is 13.8. The Morgan fingerprint density at radius 3 is 2.42 bits per heavy atom. The maximum absolute atomic E-state index is 10.9. The summed E-state index contributed by atoms with van der Waals surface area (Å²) < 4.78 is 5.30. The molecule has 19 heavy (non-hydrogen) atoms. The lowest BCUT2D eigenvalue weighted by atomic mass is 10.0. The third-order valence-corrected chi connectivity index (χ3v) is 3.03. The summed E-state index contributed by atoms with van der Waals surface area (Å²) in [4.78, 5) is 10.9. The van der Waals surface area contributed by atoms with Crippen LogP contribution in [0.4, 0.5) is 11.4 Å². The lowest BCUT2D eigenvalue weighted by Crippen LogP contribution is -1.96. The summed E-state index contributed by atoms with van der Waals surface area (Å²) in [5.41, 5.74) is 14.7. The number of carbonyl (C=O) groups is 1. The summed E-state index contributed by atoms with van der Waals surface area (Å²) in [7, 11) is 0. The molecule has 4 N–H and O–H groups in total. The van der Waals surface area contributed by atoms with E-state index in [1.54, 1.807) is 6.07 Å². The van der Waals surface area contributed by atoms with Gasteiger partial charge in [-0.3, -0.25) is 4.79 Å². The SMILES string of the molecule is CC(=O)SOc1cccc(-c2ccc(N)cc2)c1N. The van der Waals surface area contributed by atoms with Gasteiger partial charge in [0.2, 0.25) is 5.12 Å². The average Bonchev–Trinajstić information content (AvgIpc) is 2.39.